The Hall–Kier alpha value is -2.57. The number of fused-ring (bicyclic) bond motifs is 1. The number of hydrogen-bond acceptors (Lipinski definition) is 4. The molecule has 1 aromatic carbocycles. The second-order valence-corrected chi connectivity index (χ2v) is 4.42. The molecule has 2 amide bonds. The number of carbonyl (C=O) groups is 2. The summed E-state index contributed by atoms with van der Waals surface area (Å²) in [6.07, 6.45) is 0.0796. The normalized spacial score (nSPS) is 12.3. The molecule has 1 aromatic heterocycles. The van der Waals surface area contributed by atoms with Crippen LogP contribution in [0.4, 0.5) is 5.69 Å². The van der Waals surface area contributed by atoms with Gasteiger partial charge in [-0.15, -0.1) is 0 Å². The molecule has 0 bridgehead atoms. The summed E-state index contributed by atoms with van der Waals surface area (Å²) in [5.74, 6) is -0.838. The number of hydrogen-bond donors (Lipinski definition) is 4. The zero-order chi connectivity index (χ0) is 14.0. The van der Waals surface area contributed by atoms with Crippen LogP contribution >= 0.6 is 0 Å². The first-order valence-corrected chi connectivity index (χ1v) is 5.80. The summed E-state index contributed by atoms with van der Waals surface area (Å²) in [6, 6.07) is 4.80. The van der Waals surface area contributed by atoms with Crippen molar-refractivity contribution in [1.29, 1.82) is 0 Å². The Labute approximate surface area is 109 Å². The summed E-state index contributed by atoms with van der Waals surface area (Å²) < 4.78 is 0. The number of amides is 2. The zero-order valence-electron chi connectivity index (χ0n) is 10.4. The van der Waals surface area contributed by atoms with E-state index in [9.17, 15) is 9.59 Å². The summed E-state index contributed by atoms with van der Waals surface area (Å²) in [4.78, 5) is 22.8. The third kappa shape index (κ3) is 2.82. The Morgan fingerprint density at radius 3 is 2.89 bits per heavy atom. The van der Waals surface area contributed by atoms with Crippen molar-refractivity contribution < 1.29 is 9.59 Å². The lowest BCUT2D eigenvalue weighted by Crippen LogP contribution is -2.35. The molecule has 0 spiro atoms. The number of carbonyl (C=O) groups excluding carboxylic acids is 2. The molecule has 6 N–H and O–H groups in total. The Kier molecular flexibility index (Phi) is 3.37. The van der Waals surface area contributed by atoms with Gasteiger partial charge in [0, 0.05) is 23.5 Å². The van der Waals surface area contributed by atoms with Gasteiger partial charge < -0.3 is 16.8 Å². The van der Waals surface area contributed by atoms with Gasteiger partial charge in [0.2, 0.25) is 5.91 Å². The van der Waals surface area contributed by atoms with E-state index in [-0.39, 0.29) is 24.1 Å². The van der Waals surface area contributed by atoms with E-state index < -0.39 is 5.91 Å². The average molecular weight is 261 g/mol. The van der Waals surface area contributed by atoms with E-state index in [1.54, 1.807) is 25.1 Å². The van der Waals surface area contributed by atoms with Gasteiger partial charge in [-0.3, -0.25) is 14.7 Å². The van der Waals surface area contributed by atoms with E-state index in [2.05, 4.69) is 15.5 Å². The fourth-order valence-electron chi connectivity index (χ4n) is 1.85. The summed E-state index contributed by atoms with van der Waals surface area (Å²) in [5, 5.41) is 10.0. The third-order valence-corrected chi connectivity index (χ3v) is 2.69. The first-order chi connectivity index (χ1) is 8.97. The predicted molar refractivity (Wildman–Crippen MR) is 71.2 cm³/mol. The smallest absolute Gasteiger partial charge is 0.272 e. The number of H-pyrrole nitrogens is 1. The van der Waals surface area contributed by atoms with Gasteiger partial charge in [-0.05, 0) is 25.1 Å². The highest BCUT2D eigenvalue weighted by Gasteiger charge is 2.17. The second-order valence-electron chi connectivity index (χ2n) is 4.42. The van der Waals surface area contributed by atoms with Gasteiger partial charge in [-0.2, -0.15) is 5.10 Å². The number of anilines is 1. The molecule has 0 radical (unpaired) electrons. The Bertz CT molecular complexity index is 634. The Morgan fingerprint density at radius 2 is 2.21 bits per heavy atom. The molecular formula is C12H15N5O2. The van der Waals surface area contributed by atoms with Gasteiger partial charge in [0.05, 0.1) is 5.52 Å². The number of benzene rings is 1. The molecule has 1 heterocycles. The fraction of sp³-hybridized carbons (Fsp3) is 0.250. The molecule has 1 atom stereocenters. The van der Waals surface area contributed by atoms with Gasteiger partial charge in [0.15, 0.2) is 5.69 Å². The van der Waals surface area contributed by atoms with Gasteiger partial charge in [0.1, 0.15) is 0 Å². The van der Waals surface area contributed by atoms with Crippen LogP contribution in [0.25, 0.3) is 10.9 Å². The first-order valence-electron chi connectivity index (χ1n) is 5.80. The van der Waals surface area contributed by atoms with Crippen LogP contribution in [-0.2, 0) is 4.79 Å². The standard InChI is InChI=1S/C12H15N5O2/c1-6(4-10(14)18)15-12(19)11-8-5-7(13)2-3-9(8)16-17-11/h2-3,5-6H,4,13H2,1H3,(H2,14,18)(H,15,19)(H,16,17). The minimum atomic E-state index is -0.469. The number of nitrogens with zero attached hydrogens (tertiary/aromatic N) is 1. The molecule has 0 aliphatic heterocycles. The molecular weight excluding hydrogens is 246 g/mol. The van der Waals surface area contributed by atoms with Gasteiger partial charge in [0.25, 0.3) is 5.91 Å². The van der Waals surface area contributed by atoms with Crippen molar-refractivity contribution in [1.82, 2.24) is 15.5 Å². The molecule has 0 saturated heterocycles. The Balaban J connectivity index is 2.22. The van der Waals surface area contributed by atoms with Crippen LogP contribution in [0, 0.1) is 0 Å². The number of primary amides is 1. The topological polar surface area (TPSA) is 127 Å². The lowest BCUT2D eigenvalue weighted by molar-refractivity contribution is -0.118. The maximum atomic E-state index is 12.0. The average Bonchev–Trinajstić information content (AvgIpc) is 2.70. The maximum Gasteiger partial charge on any atom is 0.272 e. The molecule has 0 aliphatic carbocycles. The maximum absolute atomic E-state index is 12.0. The van der Waals surface area contributed by atoms with Crippen molar-refractivity contribution in [2.75, 3.05) is 5.73 Å². The molecule has 100 valence electrons. The van der Waals surface area contributed by atoms with Crippen LogP contribution < -0.4 is 16.8 Å². The molecule has 1 unspecified atom stereocenters. The van der Waals surface area contributed by atoms with Crippen molar-refractivity contribution in [2.24, 2.45) is 5.73 Å². The lowest BCUT2D eigenvalue weighted by Gasteiger charge is -2.10. The van der Waals surface area contributed by atoms with E-state index in [1.807, 2.05) is 0 Å². The van der Waals surface area contributed by atoms with Crippen LogP contribution in [0.5, 0.6) is 0 Å². The van der Waals surface area contributed by atoms with Crippen LogP contribution in [-0.4, -0.2) is 28.1 Å². The van der Waals surface area contributed by atoms with E-state index >= 15 is 0 Å². The summed E-state index contributed by atoms with van der Waals surface area (Å²) in [5.41, 5.74) is 12.3. The number of aromatic nitrogens is 2. The van der Waals surface area contributed by atoms with Crippen molar-refractivity contribution in [3.63, 3.8) is 0 Å². The Morgan fingerprint density at radius 1 is 1.47 bits per heavy atom. The number of aromatic amines is 1. The van der Waals surface area contributed by atoms with Crippen LogP contribution in [0.1, 0.15) is 23.8 Å². The highest BCUT2D eigenvalue weighted by Crippen LogP contribution is 2.18. The monoisotopic (exact) mass is 261 g/mol. The molecule has 19 heavy (non-hydrogen) atoms. The van der Waals surface area contributed by atoms with Crippen molar-refractivity contribution in [3.05, 3.63) is 23.9 Å². The summed E-state index contributed by atoms with van der Waals surface area (Å²) in [7, 11) is 0. The first kappa shape index (κ1) is 12.9. The van der Waals surface area contributed by atoms with Gasteiger partial charge in [-0.25, -0.2) is 0 Å². The number of rotatable bonds is 4. The predicted octanol–water partition coefficient (Wildman–Crippen LogP) is 0.139. The van der Waals surface area contributed by atoms with Crippen LogP contribution in [0.15, 0.2) is 18.2 Å². The molecule has 2 aromatic rings. The molecule has 2 rings (SSSR count). The van der Waals surface area contributed by atoms with Crippen molar-refractivity contribution in [2.45, 2.75) is 19.4 Å². The van der Waals surface area contributed by atoms with E-state index in [1.165, 1.54) is 0 Å². The lowest BCUT2D eigenvalue weighted by atomic mass is 10.1. The van der Waals surface area contributed by atoms with Crippen LogP contribution in [0.2, 0.25) is 0 Å². The second kappa shape index (κ2) is 4.97. The third-order valence-electron chi connectivity index (χ3n) is 2.69. The van der Waals surface area contributed by atoms with E-state index in [0.717, 1.165) is 5.52 Å². The van der Waals surface area contributed by atoms with Gasteiger partial charge >= 0.3 is 0 Å². The quantitative estimate of drug-likeness (QED) is 0.584. The number of nitrogen functional groups attached to an aromatic ring is 1. The van der Waals surface area contributed by atoms with Crippen LogP contribution in [0.3, 0.4) is 0 Å². The molecule has 7 heteroatoms. The zero-order valence-corrected chi connectivity index (χ0v) is 10.4. The number of nitrogens with two attached hydrogens (primary N) is 2. The van der Waals surface area contributed by atoms with Crippen molar-refractivity contribution in [3.8, 4) is 0 Å². The summed E-state index contributed by atoms with van der Waals surface area (Å²) in [6.45, 7) is 1.70. The van der Waals surface area contributed by atoms with Gasteiger partial charge in [-0.1, -0.05) is 0 Å². The SMILES string of the molecule is CC(CC(N)=O)NC(=O)c1n[nH]c2ccc(N)cc12. The number of nitrogens with one attached hydrogen (secondary N) is 2. The minimum absolute atomic E-state index is 0.0796. The molecule has 7 nitrogen and oxygen atoms in total. The molecule has 0 fully saturated rings. The largest absolute Gasteiger partial charge is 0.399 e. The van der Waals surface area contributed by atoms with Crippen molar-refractivity contribution >= 4 is 28.4 Å². The molecule has 0 aliphatic rings. The highest BCUT2D eigenvalue weighted by molar-refractivity contribution is 6.05. The minimum Gasteiger partial charge on any atom is -0.399 e. The fourth-order valence-corrected chi connectivity index (χ4v) is 1.85. The highest BCUT2D eigenvalue weighted by atomic mass is 16.2. The van der Waals surface area contributed by atoms with E-state index in [4.69, 9.17) is 11.5 Å². The summed E-state index contributed by atoms with van der Waals surface area (Å²) >= 11 is 0. The van der Waals surface area contributed by atoms with E-state index in [0.29, 0.717) is 11.1 Å². The molecule has 0 saturated carbocycles.